The number of rotatable bonds is 1. The van der Waals surface area contributed by atoms with Crippen LogP contribution in [0.15, 0.2) is 18.5 Å². The van der Waals surface area contributed by atoms with Crippen LogP contribution in [-0.2, 0) is 13.0 Å². The number of benzene rings is 1. The van der Waals surface area contributed by atoms with Crippen LogP contribution in [0.5, 0.6) is 0 Å². The van der Waals surface area contributed by atoms with Gasteiger partial charge < -0.3 is 9.88 Å². The van der Waals surface area contributed by atoms with Gasteiger partial charge in [0.25, 0.3) is 0 Å². The second-order valence-electron chi connectivity index (χ2n) is 5.73. The lowest BCUT2D eigenvalue weighted by Crippen LogP contribution is -2.39. The van der Waals surface area contributed by atoms with Gasteiger partial charge in [0.15, 0.2) is 0 Å². The summed E-state index contributed by atoms with van der Waals surface area (Å²) in [4.78, 5) is 4.54. The number of nitrogens with one attached hydrogen (secondary N) is 1. The van der Waals surface area contributed by atoms with Crippen molar-refractivity contribution >= 4 is 11.0 Å². The first-order valence-corrected chi connectivity index (χ1v) is 7.03. The fourth-order valence-electron chi connectivity index (χ4n) is 3.71. The number of nitrogens with zero attached hydrogens (tertiary/aromatic N) is 2. The van der Waals surface area contributed by atoms with Crippen LogP contribution in [0, 0.1) is 5.92 Å². The molecule has 4 rings (SSSR count). The molecule has 0 spiro atoms. The van der Waals surface area contributed by atoms with E-state index < -0.39 is 0 Å². The number of imidazole rings is 1. The highest BCUT2D eigenvalue weighted by atomic mass is 15.0. The summed E-state index contributed by atoms with van der Waals surface area (Å²) >= 11 is 0. The maximum Gasteiger partial charge on any atom is 0.0958 e. The summed E-state index contributed by atoms with van der Waals surface area (Å²) in [5.74, 6) is 1.55. The summed E-state index contributed by atoms with van der Waals surface area (Å²) in [7, 11) is 0. The van der Waals surface area contributed by atoms with Crippen molar-refractivity contribution in [2.45, 2.75) is 32.2 Å². The van der Waals surface area contributed by atoms with E-state index in [0.29, 0.717) is 0 Å². The Labute approximate surface area is 107 Å². The SMILES string of the molecule is CCn1cnc2cc3c(cc21)C1CNCC(C3)C1. The molecule has 1 aliphatic heterocycles. The molecule has 2 aliphatic rings. The van der Waals surface area contributed by atoms with Gasteiger partial charge in [-0.3, -0.25) is 0 Å². The van der Waals surface area contributed by atoms with Gasteiger partial charge in [-0.25, -0.2) is 4.98 Å². The first kappa shape index (κ1) is 10.6. The zero-order valence-corrected chi connectivity index (χ0v) is 10.8. The van der Waals surface area contributed by atoms with Gasteiger partial charge in [0.05, 0.1) is 17.4 Å². The molecule has 0 radical (unpaired) electrons. The smallest absolute Gasteiger partial charge is 0.0958 e. The summed E-state index contributed by atoms with van der Waals surface area (Å²) < 4.78 is 2.25. The Bertz CT molecular complexity index is 599. The van der Waals surface area contributed by atoms with E-state index in [1.54, 1.807) is 11.1 Å². The zero-order valence-electron chi connectivity index (χ0n) is 10.8. The Morgan fingerprint density at radius 2 is 2.33 bits per heavy atom. The Morgan fingerprint density at radius 3 is 3.22 bits per heavy atom. The van der Waals surface area contributed by atoms with Gasteiger partial charge in [-0.15, -0.1) is 0 Å². The molecule has 0 amide bonds. The third kappa shape index (κ3) is 1.43. The Morgan fingerprint density at radius 1 is 1.39 bits per heavy atom. The molecular weight excluding hydrogens is 222 g/mol. The van der Waals surface area contributed by atoms with E-state index in [4.69, 9.17) is 0 Å². The van der Waals surface area contributed by atoms with E-state index in [0.717, 1.165) is 24.9 Å². The van der Waals surface area contributed by atoms with Gasteiger partial charge >= 0.3 is 0 Å². The number of hydrogen-bond donors (Lipinski definition) is 1. The lowest BCUT2D eigenvalue weighted by molar-refractivity contribution is 0.318. The number of aromatic nitrogens is 2. The Hall–Kier alpha value is -1.35. The third-order valence-electron chi connectivity index (χ3n) is 4.61. The van der Waals surface area contributed by atoms with Crippen molar-refractivity contribution in [1.29, 1.82) is 0 Å². The molecule has 1 N–H and O–H groups in total. The van der Waals surface area contributed by atoms with Crippen molar-refractivity contribution in [3.8, 4) is 0 Å². The van der Waals surface area contributed by atoms with Crippen molar-refractivity contribution in [2.75, 3.05) is 13.1 Å². The van der Waals surface area contributed by atoms with E-state index >= 15 is 0 Å². The monoisotopic (exact) mass is 241 g/mol. The van der Waals surface area contributed by atoms with Crippen LogP contribution < -0.4 is 5.32 Å². The highest BCUT2D eigenvalue weighted by Gasteiger charge is 2.30. The standard InChI is InChI=1S/C15H19N3/c1-2-18-9-17-14-5-11-3-10-4-12(8-16-7-10)13(11)6-15(14)18/h5-6,9-10,12,16H,2-4,7-8H2,1H3. The first-order valence-electron chi connectivity index (χ1n) is 7.03. The minimum Gasteiger partial charge on any atom is -0.331 e. The van der Waals surface area contributed by atoms with Crippen molar-refractivity contribution in [3.05, 3.63) is 29.6 Å². The summed E-state index contributed by atoms with van der Waals surface area (Å²) in [6.45, 7) is 5.52. The van der Waals surface area contributed by atoms with Gasteiger partial charge in [-0.2, -0.15) is 0 Å². The third-order valence-corrected chi connectivity index (χ3v) is 4.61. The van der Waals surface area contributed by atoms with Crippen LogP contribution in [0.2, 0.25) is 0 Å². The van der Waals surface area contributed by atoms with Gasteiger partial charge in [0, 0.05) is 13.1 Å². The maximum absolute atomic E-state index is 4.54. The Balaban J connectivity index is 1.91. The number of piperidine rings is 1. The van der Waals surface area contributed by atoms with Crippen molar-refractivity contribution in [2.24, 2.45) is 5.92 Å². The normalized spacial score (nSPS) is 26.3. The summed E-state index contributed by atoms with van der Waals surface area (Å²) in [6.07, 6.45) is 4.57. The molecule has 1 fully saturated rings. The molecule has 2 heterocycles. The molecule has 0 saturated carbocycles. The second-order valence-corrected chi connectivity index (χ2v) is 5.73. The molecule has 2 atom stereocenters. The topological polar surface area (TPSA) is 29.9 Å². The Kier molecular flexibility index (Phi) is 2.24. The molecule has 1 aliphatic carbocycles. The lowest BCUT2D eigenvalue weighted by atomic mass is 9.74. The molecule has 18 heavy (non-hydrogen) atoms. The minimum atomic E-state index is 0.720. The van der Waals surface area contributed by atoms with E-state index in [1.165, 1.54) is 30.4 Å². The quantitative estimate of drug-likeness (QED) is 0.830. The van der Waals surface area contributed by atoms with Crippen LogP contribution in [0.3, 0.4) is 0 Å². The number of fused-ring (bicyclic) bond motifs is 5. The van der Waals surface area contributed by atoms with E-state index in [9.17, 15) is 0 Å². The van der Waals surface area contributed by atoms with Gasteiger partial charge in [-0.1, -0.05) is 0 Å². The van der Waals surface area contributed by atoms with Crippen LogP contribution >= 0.6 is 0 Å². The molecule has 94 valence electrons. The average molecular weight is 241 g/mol. The van der Waals surface area contributed by atoms with Gasteiger partial charge in [0.1, 0.15) is 0 Å². The highest BCUT2D eigenvalue weighted by Crippen LogP contribution is 2.38. The second kappa shape index (κ2) is 3.82. The molecule has 3 nitrogen and oxygen atoms in total. The van der Waals surface area contributed by atoms with Crippen LogP contribution in [0.4, 0.5) is 0 Å². The van der Waals surface area contributed by atoms with E-state index in [-0.39, 0.29) is 0 Å². The van der Waals surface area contributed by atoms with Crippen LogP contribution in [-0.4, -0.2) is 22.6 Å². The predicted molar refractivity (Wildman–Crippen MR) is 72.8 cm³/mol. The zero-order chi connectivity index (χ0) is 12.1. The fraction of sp³-hybridized carbons (Fsp3) is 0.533. The van der Waals surface area contributed by atoms with E-state index in [1.807, 2.05) is 6.33 Å². The molecule has 2 bridgehead atoms. The minimum absolute atomic E-state index is 0.720. The van der Waals surface area contributed by atoms with Crippen LogP contribution in [0.1, 0.15) is 30.4 Å². The molecule has 3 heteroatoms. The number of hydrogen-bond acceptors (Lipinski definition) is 2. The van der Waals surface area contributed by atoms with Gasteiger partial charge in [-0.05, 0) is 61.4 Å². The molecule has 1 aromatic carbocycles. The summed E-state index contributed by atoms with van der Waals surface area (Å²) in [6, 6.07) is 4.73. The fourth-order valence-corrected chi connectivity index (χ4v) is 3.71. The molecule has 2 aromatic rings. The lowest BCUT2D eigenvalue weighted by Gasteiger charge is -2.36. The highest BCUT2D eigenvalue weighted by molar-refractivity contribution is 5.78. The van der Waals surface area contributed by atoms with Crippen molar-refractivity contribution in [3.63, 3.8) is 0 Å². The van der Waals surface area contributed by atoms with Crippen molar-refractivity contribution in [1.82, 2.24) is 14.9 Å². The first-order chi connectivity index (χ1) is 8.85. The largest absolute Gasteiger partial charge is 0.331 e. The van der Waals surface area contributed by atoms with E-state index in [2.05, 4.69) is 33.9 Å². The summed E-state index contributed by atoms with van der Waals surface area (Å²) in [5.41, 5.74) is 5.59. The predicted octanol–water partition coefficient (Wildman–Crippen LogP) is 2.31. The summed E-state index contributed by atoms with van der Waals surface area (Å²) in [5, 5.41) is 3.58. The molecule has 1 saturated heterocycles. The van der Waals surface area contributed by atoms with Gasteiger partial charge in [0.2, 0.25) is 0 Å². The molecule has 2 unspecified atom stereocenters. The molecular formula is C15H19N3. The number of aryl methyl sites for hydroxylation is 1. The average Bonchev–Trinajstić information content (AvgIpc) is 2.79. The van der Waals surface area contributed by atoms with Crippen molar-refractivity contribution < 1.29 is 0 Å². The maximum atomic E-state index is 4.54. The molecule has 1 aromatic heterocycles. The van der Waals surface area contributed by atoms with Crippen LogP contribution in [0.25, 0.3) is 11.0 Å².